The third kappa shape index (κ3) is 4.11. The molecule has 1 aliphatic heterocycles. The highest BCUT2D eigenvalue weighted by Crippen LogP contribution is 2.38. The summed E-state index contributed by atoms with van der Waals surface area (Å²) in [5, 5.41) is 13.0. The molecule has 0 fully saturated rings. The van der Waals surface area contributed by atoms with Crippen molar-refractivity contribution in [3.63, 3.8) is 0 Å². The minimum Gasteiger partial charge on any atom is -0.475 e. The van der Waals surface area contributed by atoms with Crippen molar-refractivity contribution in [2.45, 2.75) is 50.1 Å². The van der Waals surface area contributed by atoms with Gasteiger partial charge in [0.15, 0.2) is 0 Å². The molecule has 0 spiro atoms. The van der Waals surface area contributed by atoms with Crippen LogP contribution in [0.5, 0.6) is 5.88 Å². The van der Waals surface area contributed by atoms with Crippen molar-refractivity contribution in [2.24, 2.45) is 10.9 Å². The number of amides is 1. The van der Waals surface area contributed by atoms with Gasteiger partial charge in [-0.3, -0.25) is 9.93 Å². The van der Waals surface area contributed by atoms with Crippen molar-refractivity contribution in [3.8, 4) is 5.88 Å². The predicted molar refractivity (Wildman–Crippen MR) is 111 cm³/mol. The number of rotatable bonds is 3. The molecule has 0 saturated carbocycles. The zero-order valence-electron chi connectivity index (χ0n) is 16.1. The zero-order chi connectivity index (χ0) is 20.1. The Kier molecular flexibility index (Phi) is 6.82. The number of aromatic nitrogens is 2. The highest BCUT2D eigenvalue weighted by Gasteiger charge is 2.25. The number of carbonyl (C=O) groups is 1. The average molecular weight is 405 g/mol. The molecule has 0 saturated heterocycles. The molecule has 1 aromatic heterocycles. The summed E-state index contributed by atoms with van der Waals surface area (Å²) >= 11 is 1.18. The summed E-state index contributed by atoms with van der Waals surface area (Å²) in [7, 11) is 0. The number of fused-ring (bicyclic) bond motifs is 3. The predicted octanol–water partition coefficient (Wildman–Crippen LogP) is 0.787. The minimum absolute atomic E-state index is 0.250. The zero-order valence-corrected chi connectivity index (χ0v) is 16.9. The van der Waals surface area contributed by atoms with Crippen LogP contribution < -0.4 is 26.7 Å². The normalized spacial score (nSPS) is 17.6. The smallest absolute Gasteiger partial charge is 0.227 e. The first-order valence-corrected chi connectivity index (χ1v) is 10.4. The SMILES string of the molecule is CCNC1COc2c(SN)cnn2C1.NC=O.Nc1c2c(cc3c1CC3)CC2. The second-order valence-electron chi connectivity index (χ2n) is 6.88. The Morgan fingerprint density at radius 3 is 2.46 bits per heavy atom. The molecule has 8 nitrogen and oxygen atoms in total. The maximum Gasteiger partial charge on any atom is 0.227 e. The van der Waals surface area contributed by atoms with Gasteiger partial charge in [0.2, 0.25) is 12.3 Å². The number of nitrogens with two attached hydrogens (primary N) is 3. The summed E-state index contributed by atoms with van der Waals surface area (Å²) in [6.45, 7) is 4.57. The largest absolute Gasteiger partial charge is 0.475 e. The molecule has 9 heteroatoms. The first-order valence-electron chi connectivity index (χ1n) is 9.48. The van der Waals surface area contributed by atoms with Crippen molar-refractivity contribution in [1.29, 1.82) is 0 Å². The standard InChI is InChI=1S/C10H11N.C8H14N4OS.CH3NO/c11-10-8-3-1-6(8)5-7-2-4-9(7)10;1-2-10-6-4-12-8(13-5-6)7(14-9)3-11-12;2-1-3/h5H,1-4,11H2;3,6,10H,2,4-5,9H2,1H3;1H,(H2,2,3). The molecule has 1 aromatic carbocycles. The number of hydrogen-bond donors (Lipinski definition) is 4. The number of anilines is 1. The number of nitrogens with zero attached hydrogens (tertiary/aromatic N) is 2. The van der Waals surface area contributed by atoms with Crippen molar-refractivity contribution < 1.29 is 9.53 Å². The van der Waals surface area contributed by atoms with Gasteiger partial charge < -0.3 is 21.5 Å². The molecular weight excluding hydrogens is 376 g/mol. The van der Waals surface area contributed by atoms with Crippen molar-refractivity contribution in [2.75, 3.05) is 18.9 Å². The lowest BCUT2D eigenvalue weighted by molar-refractivity contribution is -0.106. The van der Waals surface area contributed by atoms with E-state index in [0.29, 0.717) is 12.6 Å². The van der Waals surface area contributed by atoms with E-state index in [2.05, 4.69) is 29.1 Å². The van der Waals surface area contributed by atoms with E-state index in [0.717, 1.165) is 29.6 Å². The van der Waals surface area contributed by atoms with Gasteiger partial charge in [-0.2, -0.15) is 5.10 Å². The van der Waals surface area contributed by atoms with Crippen molar-refractivity contribution >= 4 is 24.0 Å². The molecule has 2 aromatic rings. The van der Waals surface area contributed by atoms with Crippen LogP contribution in [0.3, 0.4) is 0 Å². The van der Waals surface area contributed by atoms with Gasteiger partial charge in [-0.15, -0.1) is 0 Å². The molecular formula is C19H28N6O2S. The highest BCUT2D eigenvalue weighted by atomic mass is 32.2. The molecule has 1 amide bonds. The van der Waals surface area contributed by atoms with Gasteiger partial charge in [0, 0.05) is 5.69 Å². The lowest BCUT2D eigenvalue weighted by Gasteiger charge is -2.30. The van der Waals surface area contributed by atoms with Crippen molar-refractivity contribution in [1.82, 2.24) is 15.1 Å². The summed E-state index contributed by atoms with van der Waals surface area (Å²) < 4.78 is 7.44. The number of primary amides is 1. The number of likely N-dealkylation sites (N-methyl/N-ethyl adjacent to an activating group) is 1. The molecule has 3 aliphatic rings. The van der Waals surface area contributed by atoms with E-state index < -0.39 is 0 Å². The molecule has 7 N–H and O–H groups in total. The number of hydrogen-bond acceptors (Lipinski definition) is 7. The molecule has 5 rings (SSSR count). The topological polar surface area (TPSA) is 134 Å². The summed E-state index contributed by atoms with van der Waals surface area (Å²) in [5.74, 6) is 0.798. The van der Waals surface area contributed by atoms with Crippen LogP contribution in [0.1, 0.15) is 29.2 Å². The number of aryl methyl sites for hydroxylation is 2. The Morgan fingerprint density at radius 2 is 1.96 bits per heavy atom. The fourth-order valence-corrected chi connectivity index (χ4v) is 4.05. The van der Waals surface area contributed by atoms with E-state index in [1.165, 1.54) is 59.9 Å². The first kappa shape index (κ1) is 20.5. The van der Waals surface area contributed by atoms with Crippen LogP contribution in [-0.4, -0.2) is 35.4 Å². The van der Waals surface area contributed by atoms with Crippen LogP contribution in [-0.2, 0) is 37.0 Å². The van der Waals surface area contributed by atoms with Gasteiger partial charge in [-0.1, -0.05) is 13.0 Å². The number of carbonyl (C=O) groups excluding carboxylic acids is 1. The van der Waals surface area contributed by atoms with Crippen LogP contribution >= 0.6 is 11.9 Å². The molecule has 152 valence electrons. The third-order valence-corrected chi connectivity index (χ3v) is 5.79. The summed E-state index contributed by atoms with van der Waals surface area (Å²) in [6, 6.07) is 2.71. The Balaban J connectivity index is 0.000000144. The summed E-state index contributed by atoms with van der Waals surface area (Å²) in [5.41, 5.74) is 17.2. The fraction of sp³-hybridized carbons (Fsp3) is 0.474. The number of nitrogens with one attached hydrogen (secondary N) is 1. The Labute approximate surface area is 169 Å². The molecule has 28 heavy (non-hydrogen) atoms. The number of ether oxygens (including phenoxy) is 1. The van der Waals surface area contributed by atoms with Gasteiger partial charge in [0.1, 0.15) is 11.5 Å². The van der Waals surface area contributed by atoms with Gasteiger partial charge in [0.25, 0.3) is 0 Å². The van der Waals surface area contributed by atoms with Crippen LogP contribution in [0.2, 0.25) is 0 Å². The van der Waals surface area contributed by atoms with E-state index >= 15 is 0 Å². The second kappa shape index (κ2) is 9.31. The third-order valence-electron chi connectivity index (χ3n) is 5.26. The van der Waals surface area contributed by atoms with Gasteiger partial charge >= 0.3 is 0 Å². The summed E-state index contributed by atoms with van der Waals surface area (Å²) in [4.78, 5) is 9.49. The summed E-state index contributed by atoms with van der Waals surface area (Å²) in [6.07, 6.45) is 6.94. The van der Waals surface area contributed by atoms with Crippen LogP contribution in [0.25, 0.3) is 0 Å². The first-order chi connectivity index (χ1) is 13.6. The number of nitrogen functional groups attached to an aromatic ring is 1. The second-order valence-corrected chi connectivity index (χ2v) is 7.56. The Bertz CT molecular complexity index is 808. The molecule has 1 atom stereocenters. The maximum atomic E-state index is 8.58. The molecule has 1 unspecified atom stereocenters. The van der Waals surface area contributed by atoms with Gasteiger partial charge in [-0.25, -0.2) is 4.68 Å². The molecule has 2 heterocycles. The van der Waals surface area contributed by atoms with Crippen LogP contribution in [0, 0.1) is 0 Å². The Hall–Kier alpha value is -2.23. The van der Waals surface area contributed by atoms with Crippen LogP contribution in [0.4, 0.5) is 5.69 Å². The monoisotopic (exact) mass is 404 g/mol. The maximum absolute atomic E-state index is 8.58. The molecule has 2 aliphatic carbocycles. The van der Waals surface area contributed by atoms with E-state index in [-0.39, 0.29) is 6.41 Å². The van der Waals surface area contributed by atoms with Gasteiger partial charge in [0.05, 0.1) is 18.8 Å². The van der Waals surface area contributed by atoms with E-state index in [1.807, 2.05) is 4.68 Å². The Morgan fingerprint density at radius 1 is 1.32 bits per heavy atom. The van der Waals surface area contributed by atoms with Crippen molar-refractivity contribution in [3.05, 3.63) is 34.5 Å². The quantitative estimate of drug-likeness (QED) is 0.337. The van der Waals surface area contributed by atoms with E-state index in [1.54, 1.807) is 6.20 Å². The van der Waals surface area contributed by atoms with E-state index in [4.69, 9.17) is 20.4 Å². The number of benzene rings is 1. The lowest BCUT2D eigenvalue weighted by atomic mass is 9.77. The average Bonchev–Trinajstić information content (AvgIpc) is 3.03. The van der Waals surface area contributed by atoms with Crippen LogP contribution in [0.15, 0.2) is 17.2 Å². The lowest BCUT2D eigenvalue weighted by Crippen LogP contribution is -2.41. The minimum atomic E-state index is 0.250. The molecule has 0 radical (unpaired) electrons. The van der Waals surface area contributed by atoms with E-state index in [9.17, 15) is 0 Å². The van der Waals surface area contributed by atoms with Gasteiger partial charge in [-0.05, 0) is 66.4 Å². The fourth-order valence-electron chi connectivity index (χ4n) is 3.68. The highest BCUT2D eigenvalue weighted by molar-refractivity contribution is 7.97. The molecule has 0 bridgehead atoms.